The first kappa shape index (κ1) is 12.3. The van der Waals surface area contributed by atoms with Gasteiger partial charge in [-0.3, -0.25) is 15.2 Å². The molecule has 1 N–H and O–H groups in total. The van der Waals surface area contributed by atoms with Gasteiger partial charge in [0.15, 0.2) is 0 Å². The molecule has 2 heterocycles. The van der Waals surface area contributed by atoms with Crippen LogP contribution in [0.25, 0.3) is 0 Å². The van der Waals surface area contributed by atoms with Gasteiger partial charge in [-0.15, -0.1) is 0 Å². The predicted molar refractivity (Wildman–Crippen MR) is 78.0 cm³/mol. The lowest BCUT2D eigenvalue weighted by Gasteiger charge is -2.18. The fraction of sp³-hybridized carbons (Fsp3) is 0.500. The van der Waals surface area contributed by atoms with E-state index >= 15 is 0 Å². The van der Waals surface area contributed by atoms with Gasteiger partial charge in [-0.25, -0.2) is 0 Å². The molecule has 0 radical (unpaired) electrons. The number of aliphatic imine (C=N–C) groups is 1. The summed E-state index contributed by atoms with van der Waals surface area (Å²) in [4.78, 5) is 7.29. The van der Waals surface area contributed by atoms with Crippen LogP contribution in [0.15, 0.2) is 33.7 Å². The van der Waals surface area contributed by atoms with Crippen LogP contribution in [0.1, 0.15) is 24.6 Å². The maximum atomic E-state index is 4.87. The van der Waals surface area contributed by atoms with Crippen LogP contribution in [-0.4, -0.2) is 36.8 Å². The van der Waals surface area contributed by atoms with Gasteiger partial charge < -0.3 is 0 Å². The summed E-state index contributed by atoms with van der Waals surface area (Å²) in [5.41, 5.74) is 2.57. The quantitative estimate of drug-likeness (QED) is 0.909. The van der Waals surface area contributed by atoms with Crippen molar-refractivity contribution in [1.29, 1.82) is 0 Å². The SMILES string of the molecule is CN1CCCC1C1=NC(c2ccc(Br)cc2)NC1. The van der Waals surface area contributed by atoms with Crippen molar-refractivity contribution in [3.05, 3.63) is 34.3 Å². The monoisotopic (exact) mass is 307 g/mol. The second-order valence-corrected chi connectivity index (χ2v) is 6.01. The summed E-state index contributed by atoms with van der Waals surface area (Å²) in [6, 6.07) is 8.97. The van der Waals surface area contributed by atoms with Gasteiger partial charge in [0.1, 0.15) is 6.17 Å². The van der Waals surface area contributed by atoms with Crippen molar-refractivity contribution in [3.63, 3.8) is 0 Å². The Morgan fingerprint density at radius 1 is 1.33 bits per heavy atom. The van der Waals surface area contributed by atoms with E-state index in [2.05, 4.69) is 57.5 Å². The molecule has 0 saturated carbocycles. The molecule has 1 aromatic carbocycles. The van der Waals surface area contributed by atoms with Crippen molar-refractivity contribution in [2.75, 3.05) is 20.1 Å². The molecule has 0 aromatic heterocycles. The van der Waals surface area contributed by atoms with E-state index in [1.54, 1.807) is 0 Å². The highest BCUT2D eigenvalue weighted by atomic mass is 79.9. The van der Waals surface area contributed by atoms with Gasteiger partial charge in [-0.2, -0.15) is 0 Å². The van der Waals surface area contributed by atoms with Crippen LogP contribution < -0.4 is 5.32 Å². The molecule has 0 spiro atoms. The minimum Gasteiger partial charge on any atom is -0.298 e. The van der Waals surface area contributed by atoms with Crippen LogP contribution in [0.2, 0.25) is 0 Å². The predicted octanol–water partition coefficient (Wildman–Crippen LogP) is 2.59. The largest absolute Gasteiger partial charge is 0.298 e. The molecule has 3 nitrogen and oxygen atoms in total. The third-order valence-corrected chi connectivity index (χ3v) is 4.39. The first-order valence-corrected chi connectivity index (χ1v) is 7.29. The molecular formula is C14H18BrN3. The van der Waals surface area contributed by atoms with Crippen LogP contribution in [-0.2, 0) is 0 Å². The van der Waals surface area contributed by atoms with E-state index in [0.717, 1.165) is 11.0 Å². The normalized spacial score (nSPS) is 28.7. The van der Waals surface area contributed by atoms with Gasteiger partial charge in [0.05, 0.1) is 0 Å². The Kier molecular flexibility index (Phi) is 3.50. The second-order valence-electron chi connectivity index (χ2n) is 5.09. The van der Waals surface area contributed by atoms with Gasteiger partial charge >= 0.3 is 0 Å². The standard InChI is InChI=1S/C14H18BrN3/c1-18-8-2-3-13(18)12-9-16-14(17-12)10-4-6-11(15)7-5-10/h4-7,13-14,16H,2-3,8-9H2,1H3. The lowest BCUT2D eigenvalue weighted by molar-refractivity contribution is 0.372. The second kappa shape index (κ2) is 5.11. The molecule has 1 fully saturated rings. The van der Waals surface area contributed by atoms with Crippen LogP contribution >= 0.6 is 15.9 Å². The van der Waals surface area contributed by atoms with E-state index in [1.807, 2.05) is 0 Å². The van der Waals surface area contributed by atoms with Crippen molar-refractivity contribution in [2.45, 2.75) is 25.0 Å². The first-order valence-electron chi connectivity index (χ1n) is 6.50. The minimum atomic E-state index is 0.141. The van der Waals surface area contributed by atoms with Gasteiger partial charge in [0.25, 0.3) is 0 Å². The highest BCUT2D eigenvalue weighted by molar-refractivity contribution is 9.10. The lowest BCUT2D eigenvalue weighted by Crippen LogP contribution is -2.35. The molecule has 0 aliphatic carbocycles. The van der Waals surface area contributed by atoms with E-state index < -0.39 is 0 Å². The van der Waals surface area contributed by atoms with Crippen molar-refractivity contribution in [1.82, 2.24) is 10.2 Å². The Bertz CT molecular complexity index is 455. The topological polar surface area (TPSA) is 27.6 Å². The summed E-state index contributed by atoms with van der Waals surface area (Å²) in [5, 5.41) is 3.49. The number of nitrogens with one attached hydrogen (secondary N) is 1. The number of rotatable bonds is 2. The maximum absolute atomic E-state index is 4.87. The number of hydrogen-bond donors (Lipinski definition) is 1. The zero-order valence-corrected chi connectivity index (χ0v) is 12.2. The summed E-state index contributed by atoms with van der Waals surface area (Å²) >= 11 is 3.46. The molecule has 3 rings (SSSR count). The average molecular weight is 308 g/mol. The highest BCUT2D eigenvalue weighted by Crippen LogP contribution is 2.24. The summed E-state index contributed by atoms with van der Waals surface area (Å²) < 4.78 is 1.11. The summed E-state index contributed by atoms with van der Waals surface area (Å²) in [7, 11) is 2.20. The molecule has 4 heteroatoms. The van der Waals surface area contributed by atoms with Gasteiger partial charge in [0, 0.05) is 22.8 Å². The Morgan fingerprint density at radius 2 is 2.11 bits per heavy atom. The number of likely N-dealkylation sites (tertiary alicyclic amines) is 1. The molecule has 2 atom stereocenters. The fourth-order valence-electron chi connectivity index (χ4n) is 2.83. The smallest absolute Gasteiger partial charge is 0.125 e. The lowest BCUT2D eigenvalue weighted by atomic mass is 10.1. The third-order valence-electron chi connectivity index (χ3n) is 3.86. The van der Waals surface area contributed by atoms with E-state index in [9.17, 15) is 0 Å². The molecular weight excluding hydrogens is 290 g/mol. The van der Waals surface area contributed by atoms with E-state index in [1.165, 1.54) is 30.7 Å². The molecule has 2 aliphatic heterocycles. The highest BCUT2D eigenvalue weighted by Gasteiger charge is 2.29. The van der Waals surface area contributed by atoms with Crippen LogP contribution in [0.4, 0.5) is 0 Å². The molecule has 1 aromatic rings. The van der Waals surface area contributed by atoms with Crippen molar-refractivity contribution in [2.24, 2.45) is 4.99 Å². The molecule has 18 heavy (non-hydrogen) atoms. The van der Waals surface area contributed by atoms with Gasteiger partial charge in [0.2, 0.25) is 0 Å². The fourth-order valence-corrected chi connectivity index (χ4v) is 3.10. The van der Waals surface area contributed by atoms with Gasteiger partial charge in [-0.05, 0) is 44.1 Å². The van der Waals surface area contributed by atoms with E-state index in [4.69, 9.17) is 4.99 Å². The van der Waals surface area contributed by atoms with E-state index in [-0.39, 0.29) is 6.17 Å². The van der Waals surface area contributed by atoms with Crippen LogP contribution in [0, 0.1) is 0 Å². The number of halogens is 1. The van der Waals surface area contributed by atoms with Crippen molar-refractivity contribution < 1.29 is 0 Å². The zero-order valence-electron chi connectivity index (χ0n) is 10.6. The molecule has 96 valence electrons. The summed E-state index contributed by atoms with van der Waals surface area (Å²) in [5.74, 6) is 0. The minimum absolute atomic E-state index is 0.141. The third kappa shape index (κ3) is 2.37. The zero-order chi connectivity index (χ0) is 12.5. The molecule has 0 amide bonds. The molecule has 2 aliphatic rings. The average Bonchev–Trinajstić information content (AvgIpc) is 2.98. The summed E-state index contributed by atoms with van der Waals surface area (Å²) in [6.07, 6.45) is 2.69. The van der Waals surface area contributed by atoms with Crippen molar-refractivity contribution in [3.8, 4) is 0 Å². The Morgan fingerprint density at radius 3 is 2.78 bits per heavy atom. The van der Waals surface area contributed by atoms with Gasteiger partial charge in [-0.1, -0.05) is 28.1 Å². The van der Waals surface area contributed by atoms with Crippen molar-refractivity contribution >= 4 is 21.6 Å². The number of nitrogens with zero attached hydrogens (tertiary/aromatic N) is 2. The number of hydrogen-bond acceptors (Lipinski definition) is 3. The van der Waals surface area contributed by atoms with Crippen LogP contribution in [0.3, 0.4) is 0 Å². The summed E-state index contributed by atoms with van der Waals surface area (Å²) in [6.45, 7) is 2.13. The molecule has 2 unspecified atom stereocenters. The Labute approximate surface area is 116 Å². The molecule has 0 bridgehead atoms. The Hall–Kier alpha value is -0.710. The van der Waals surface area contributed by atoms with E-state index in [0.29, 0.717) is 6.04 Å². The first-order chi connectivity index (χ1) is 8.74. The molecule has 1 saturated heterocycles. The van der Waals surface area contributed by atoms with Crippen LogP contribution in [0.5, 0.6) is 0 Å². The Balaban J connectivity index is 1.76. The maximum Gasteiger partial charge on any atom is 0.125 e. The number of benzene rings is 1.